The monoisotopic (exact) mass is 455 g/mol. The molecule has 0 fully saturated rings. The maximum absolute atomic E-state index is 13.4. The number of alkyl halides is 3. The molecule has 0 spiro atoms. The van der Waals surface area contributed by atoms with Gasteiger partial charge in [0.1, 0.15) is 5.82 Å². The summed E-state index contributed by atoms with van der Waals surface area (Å²) in [6.45, 7) is 1.08. The fraction of sp³-hybridized carbons (Fsp3) is 0.400. The molecular weight excluding hydrogens is 431 g/mol. The molecule has 5 rings (SSSR count). The first-order valence-electron chi connectivity index (χ1n) is 11.4. The SMILES string of the molecule is O=C(c1ccc2c(=O)n3c(nc2c1)CCCCCC3)N1CCCc2cc(C(F)(F)F)ccc21. The molecule has 5 nitrogen and oxygen atoms in total. The van der Waals surface area contributed by atoms with Gasteiger partial charge in [-0.2, -0.15) is 13.2 Å². The van der Waals surface area contributed by atoms with Gasteiger partial charge in [0.25, 0.3) is 11.5 Å². The molecule has 8 heteroatoms. The van der Waals surface area contributed by atoms with Crippen LogP contribution in [0.5, 0.6) is 0 Å². The average molecular weight is 455 g/mol. The van der Waals surface area contributed by atoms with E-state index < -0.39 is 11.7 Å². The van der Waals surface area contributed by atoms with E-state index in [1.807, 2.05) is 0 Å². The Balaban J connectivity index is 1.52. The minimum atomic E-state index is -4.42. The molecule has 3 heterocycles. The lowest BCUT2D eigenvalue weighted by molar-refractivity contribution is -0.137. The number of benzene rings is 2. The zero-order chi connectivity index (χ0) is 23.2. The van der Waals surface area contributed by atoms with E-state index >= 15 is 0 Å². The second-order valence-corrected chi connectivity index (χ2v) is 8.78. The molecule has 0 bridgehead atoms. The number of rotatable bonds is 1. The molecule has 0 radical (unpaired) electrons. The molecule has 0 saturated heterocycles. The number of aryl methyl sites for hydroxylation is 2. The fourth-order valence-electron chi connectivity index (χ4n) is 4.87. The van der Waals surface area contributed by atoms with Gasteiger partial charge in [-0.05, 0) is 67.6 Å². The predicted octanol–water partition coefficient (Wildman–Crippen LogP) is 5.12. The number of fused-ring (bicyclic) bond motifs is 3. The van der Waals surface area contributed by atoms with Crippen LogP contribution in [-0.2, 0) is 25.6 Å². The van der Waals surface area contributed by atoms with Crippen LogP contribution in [0.15, 0.2) is 41.2 Å². The van der Waals surface area contributed by atoms with Crippen LogP contribution in [0.1, 0.15) is 59.4 Å². The van der Waals surface area contributed by atoms with Gasteiger partial charge >= 0.3 is 6.18 Å². The number of carbonyl (C=O) groups excluding carboxylic acids is 1. The highest BCUT2D eigenvalue weighted by atomic mass is 19.4. The van der Waals surface area contributed by atoms with Gasteiger partial charge < -0.3 is 4.90 Å². The molecule has 2 aliphatic rings. The fourth-order valence-corrected chi connectivity index (χ4v) is 4.87. The largest absolute Gasteiger partial charge is 0.416 e. The number of anilines is 1. The molecule has 0 aliphatic carbocycles. The van der Waals surface area contributed by atoms with Gasteiger partial charge in [0, 0.05) is 30.8 Å². The summed E-state index contributed by atoms with van der Waals surface area (Å²) in [6, 6.07) is 8.42. The first kappa shape index (κ1) is 21.7. The third kappa shape index (κ3) is 4.03. The molecule has 33 heavy (non-hydrogen) atoms. The van der Waals surface area contributed by atoms with Crippen molar-refractivity contribution in [1.82, 2.24) is 9.55 Å². The summed E-state index contributed by atoms with van der Waals surface area (Å²) < 4.78 is 41.1. The minimum Gasteiger partial charge on any atom is -0.308 e. The van der Waals surface area contributed by atoms with E-state index in [2.05, 4.69) is 0 Å². The summed E-state index contributed by atoms with van der Waals surface area (Å²) >= 11 is 0. The molecule has 1 aromatic heterocycles. The lowest BCUT2D eigenvalue weighted by atomic mass is 9.98. The van der Waals surface area contributed by atoms with Gasteiger partial charge in [-0.3, -0.25) is 14.2 Å². The zero-order valence-corrected chi connectivity index (χ0v) is 18.1. The highest BCUT2D eigenvalue weighted by Crippen LogP contribution is 2.35. The highest BCUT2D eigenvalue weighted by molar-refractivity contribution is 6.08. The van der Waals surface area contributed by atoms with Crippen molar-refractivity contribution in [3.8, 4) is 0 Å². The average Bonchev–Trinajstić information content (AvgIpc) is 2.78. The van der Waals surface area contributed by atoms with E-state index in [9.17, 15) is 22.8 Å². The van der Waals surface area contributed by atoms with Crippen molar-refractivity contribution in [2.24, 2.45) is 0 Å². The molecule has 0 atom stereocenters. The number of halogens is 3. The van der Waals surface area contributed by atoms with Gasteiger partial charge in [0.05, 0.1) is 16.5 Å². The van der Waals surface area contributed by atoms with Crippen LogP contribution in [0.3, 0.4) is 0 Å². The summed E-state index contributed by atoms with van der Waals surface area (Å²) in [7, 11) is 0. The minimum absolute atomic E-state index is 0.0844. The Kier molecular flexibility index (Phi) is 5.46. The molecule has 3 aromatic rings. The molecule has 2 aromatic carbocycles. The van der Waals surface area contributed by atoms with Crippen LogP contribution in [0, 0.1) is 0 Å². The van der Waals surface area contributed by atoms with E-state index in [0.29, 0.717) is 53.6 Å². The molecule has 0 saturated carbocycles. The number of hydrogen-bond acceptors (Lipinski definition) is 3. The van der Waals surface area contributed by atoms with Crippen LogP contribution in [-0.4, -0.2) is 22.0 Å². The van der Waals surface area contributed by atoms with Crippen molar-refractivity contribution in [2.75, 3.05) is 11.4 Å². The Labute approximate surface area is 188 Å². The Bertz CT molecular complexity index is 1300. The molecular formula is C25H24F3N3O2. The molecule has 172 valence electrons. The van der Waals surface area contributed by atoms with E-state index in [0.717, 1.165) is 50.1 Å². The number of hydrogen-bond donors (Lipinski definition) is 0. The summed E-state index contributed by atoms with van der Waals surface area (Å²) in [4.78, 5) is 32.6. The summed E-state index contributed by atoms with van der Waals surface area (Å²) in [6.07, 6.45) is 1.50. The van der Waals surface area contributed by atoms with Gasteiger partial charge in [-0.25, -0.2) is 4.98 Å². The Morgan fingerprint density at radius 1 is 0.909 bits per heavy atom. The van der Waals surface area contributed by atoms with Crippen molar-refractivity contribution >= 4 is 22.5 Å². The Morgan fingerprint density at radius 3 is 2.55 bits per heavy atom. The van der Waals surface area contributed by atoms with Crippen molar-refractivity contribution in [3.63, 3.8) is 0 Å². The maximum atomic E-state index is 13.4. The van der Waals surface area contributed by atoms with Gasteiger partial charge in [0.15, 0.2) is 0 Å². The van der Waals surface area contributed by atoms with Crippen molar-refractivity contribution < 1.29 is 18.0 Å². The lowest BCUT2D eigenvalue weighted by Gasteiger charge is -2.30. The van der Waals surface area contributed by atoms with Gasteiger partial charge in [-0.15, -0.1) is 0 Å². The number of aromatic nitrogens is 2. The van der Waals surface area contributed by atoms with Crippen LogP contribution < -0.4 is 10.5 Å². The number of amides is 1. The van der Waals surface area contributed by atoms with Gasteiger partial charge in [-0.1, -0.05) is 12.8 Å². The zero-order valence-electron chi connectivity index (χ0n) is 18.1. The second-order valence-electron chi connectivity index (χ2n) is 8.78. The van der Waals surface area contributed by atoms with Crippen molar-refractivity contribution in [1.29, 1.82) is 0 Å². The summed E-state index contributed by atoms with van der Waals surface area (Å²) in [5, 5.41) is 0.477. The van der Waals surface area contributed by atoms with Crippen LogP contribution in [0.2, 0.25) is 0 Å². The third-order valence-corrected chi connectivity index (χ3v) is 6.58. The standard InChI is InChI=1S/C25H24F3N3O2/c26-25(27,28)18-9-11-21-16(14-18)6-5-13-30(21)23(32)17-8-10-19-20(15-17)29-22-7-3-1-2-4-12-31(22)24(19)33/h8-11,14-15H,1-7,12-13H2. The van der Waals surface area contributed by atoms with E-state index in [1.54, 1.807) is 22.8 Å². The van der Waals surface area contributed by atoms with Crippen LogP contribution in [0.4, 0.5) is 18.9 Å². The van der Waals surface area contributed by atoms with E-state index in [4.69, 9.17) is 4.98 Å². The highest BCUT2D eigenvalue weighted by Gasteiger charge is 2.33. The van der Waals surface area contributed by atoms with Crippen molar-refractivity contribution in [3.05, 3.63) is 69.3 Å². The molecule has 1 amide bonds. The second kappa shape index (κ2) is 8.32. The molecule has 0 N–H and O–H groups in total. The van der Waals surface area contributed by atoms with Crippen molar-refractivity contribution in [2.45, 2.75) is 57.7 Å². The maximum Gasteiger partial charge on any atom is 0.416 e. The predicted molar refractivity (Wildman–Crippen MR) is 120 cm³/mol. The summed E-state index contributed by atoms with van der Waals surface area (Å²) in [5.41, 5.74) is 1.09. The first-order chi connectivity index (χ1) is 15.8. The number of carbonyl (C=O) groups is 1. The topological polar surface area (TPSA) is 55.2 Å². The number of nitrogens with zero attached hydrogens (tertiary/aromatic N) is 3. The Hall–Kier alpha value is -3.16. The summed E-state index contributed by atoms with van der Waals surface area (Å²) in [5.74, 6) is 0.450. The Morgan fingerprint density at radius 2 is 1.73 bits per heavy atom. The van der Waals surface area contributed by atoms with Gasteiger partial charge in [0.2, 0.25) is 0 Å². The molecule has 0 unspecified atom stereocenters. The normalized spacial score (nSPS) is 16.6. The van der Waals surface area contributed by atoms with E-state index in [-0.39, 0.29) is 11.5 Å². The van der Waals surface area contributed by atoms with Crippen LogP contribution in [0.25, 0.3) is 10.9 Å². The van der Waals surface area contributed by atoms with Crippen LogP contribution >= 0.6 is 0 Å². The quantitative estimate of drug-likeness (QED) is 0.512. The lowest BCUT2D eigenvalue weighted by Crippen LogP contribution is -2.35. The van der Waals surface area contributed by atoms with E-state index in [1.165, 1.54) is 11.0 Å². The third-order valence-electron chi connectivity index (χ3n) is 6.58. The first-order valence-corrected chi connectivity index (χ1v) is 11.4. The molecule has 2 aliphatic heterocycles. The smallest absolute Gasteiger partial charge is 0.308 e.